The summed E-state index contributed by atoms with van der Waals surface area (Å²) >= 11 is 0. The van der Waals surface area contributed by atoms with Crippen LogP contribution in [0.1, 0.15) is 52.0 Å². The maximum absolute atomic E-state index is 13.9. The number of nitrogens with one attached hydrogen (secondary N) is 1. The molecule has 0 radical (unpaired) electrons. The Labute approximate surface area is 259 Å². The van der Waals surface area contributed by atoms with Crippen LogP contribution in [0.15, 0.2) is 59.5 Å². The number of hydrogen-bond acceptors (Lipinski definition) is 8. The Balaban J connectivity index is 1.76. The quantitative estimate of drug-likeness (QED) is 0.267. The SMILES string of the molecule is COc1ccc(S(=O)(=O)N(CCC(=O)N2CCC(N(C)C(=O)OC(C)(C)C)CC2)C(CCc2ccccc2)C(=O)NO)cc1. The van der Waals surface area contributed by atoms with Gasteiger partial charge in [0.05, 0.1) is 12.0 Å². The van der Waals surface area contributed by atoms with Crippen molar-refractivity contribution in [3.8, 4) is 5.75 Å². The predicted molar refractivity (Wildman–Crippen MR) is 164 cm³/mol. The van der Waals surface area contributed by atoms with E-state index in [-0.39, 0.29) is 36.2 Å². The van der Waals surface area contributed by atoms with Gasteiger partial charge in [0.15, 0.2) is 0 Å². The highest BCUT2D eigenvalue weighted by Crippen LogP contribution is 2.25. The van der Waals surface area contributed by atoms with E-state index in [1.54, 1.807) is 43.1 Å². The zero-order valence-electron chi connectivity index (χ0n) is 26.1. The van der Waals surface area contributed by atoms with Crippen molar-refractivity contribution in [1.82, 2.24) is 19.6 Å². The summed E-state index contributed by atoms with van der Waals surface area (Å²) in [4.78, 5) is 41.8. The number of piperidine rings is 1. The Morgan fingerprint density at radius 1 is 1.05 bits per heavy atom. The molecule has 242 valence electrons. The third kappa shape index (κ3) is 9.41. The molecular formula is C31H44N4O8S. The summed E-state index contributed by atoms with van der Waals surface area (Å²) in [5.41, 5.74) is 1.88. The molecule has 2 aromatic rings. The number of hydroxylamine groups is 1. The highest BCUT2D eigenvalue weighted by atomic mass is 32.2. The van der Waals surface area contributed by atoms with E-state index in [0.29, 0.717) is 38.1 Å². The van der Waals surface area contributed by atoms with E-state index in [0.717, 1.165) is 9.87 Å². The molecule has 3 rings (SSSR count). The van der Waals surface area contributed by atoms with Gasteiger partial charge in [-0.3, -0.25) is 14.8 Å². The fourth-order valence-electron chi connectivity index (χ4n) is 5.10. The first-order valence-electron chi connectivity index (χ1n) is 14.6. The van der Waals surface area contributed by atoms with Crippen LogP contribution in [-0.4, -0.2) is 97.1 Å². The van der Waals surface area contributed by atoms with Crippen LogP contribution in [0.4, 0.5) is 4.79 Å². The molecule has 0 spiro atoms. The summed E-state index contributed by atoms with van der Waals surface area (Å²) in [5.74, 6) is -0.707. The zero-order chi connectivity index (χ0) is 32.5. The van der Waals surface area contributed by atoms with Crippen LogP contribution in [0.2, 0.25) is 0 Å². The lowest BCUT2D eigenvalue weighted by Gasteiger charge is -2.37. The molecule has 0 saturated carbocycles. The summed E-state index contributed by atoms with van der Waals surface area (Å²) in [6.45, 7) is 5.89. The zero-order valence-corrected chi connectivity index (χ0v) is 26.9. The first kappa shape index (κ1) is 34.8. The Hall–Kier alpha value is -3.68. The molecule has 2 aromatic carbocycles. The first-order chi connectivity index (χ1) is 20.8. The monoisotopic (exact) mass is 632 g/mol. The number of amides is 3. The van der Waals surface area contributed by atoms with Crippen LogP contribution >= 0.6 is 0 Å². The van der Waals surface area contributed by atoms with Gasteiger partial charge in [0.25, 0.3) is 5.91 Å². The third-order valence-electron chi connectivity index (χ3n) is 7.57. The largest absolute Gasteiger partial charge is 0.497 e. The summed E-state index contributed by atoms with van der Waals surface area (Å²) in [6, 6.07) is 13.6. The molecule has 1 aliphatic heterocycles. The Morgan fingerprint density at radius 3 is 2.20 bits per heavy atom. The molecule has 44 heavy (non-hydrogen) atoms. The molecule has 2 N–H and O–H groups in total. The van der Waals surface area contributed by atoms with Gasteiger partial charge in [-0.1, -0.05) is 30.3 Å². The topological polar surface area (TPSA) is 146 Å². The van der Waals surface area contributed by atoms with Gasteiger partial charge in [0.2, 0.25) is 15.9 Å². The third-order valence-corrected chi connectivity index (χ3v) is 9.49. The van der Waals surface area contributed by atoms with E-state index in [2.05, 4.69) is 0 Å². The fraction of sp³-hybridized carbons (Fsp3) is 0.516. The van der Waals surface area contributed by atoms with E-state index >= 15 is 0 Å². The summed E-state index contributed by atoms with van der Waals surface area (Å²) < 4.78 is 39.4. The molecule has 1 aliphatic rings. The number of hydrogen-bond donors (Lipinski definition) is 2. The molecular weight excluding hydrogens is 588 g/mol. The molecule has 13 heteroatoms. The van der Waals surface area contributed by atoms with Crippen molar-refractivity contribution in [1.29, 1.82) is 0 Å². The maximum atomic E-state index is 13.9. The van der Waals surface area contributed by atoms with E-state index in [9.17, 15) is 28.0 Å². The number of rotatable bonds is 12. The second-order valence-corrected chi connectivity index (χ2v) is 13.7. The van der Waals surface area contributed by atoms with Crippen molar-refractivity contribution in [2.75, 3.05) is 33.8 Å². The van der Waals surface area contributed by atoms with Crippen LogP contribution < -0.4 is 10.2 Å². The van der Waals surface area contributed by atoms with Crippen molar-refractivity contribution >= 4 is 27.9 Å². The molecule has 0 bridgehead atoms. The van der Waals surface area contributed by atoms with Gasteiger partial charge < -0.3 is 19.3 Å². The molecule has 1 fully saturated rings. The lowest BCUT2D eigenvalue weighted by molar-refractivity contribution is -0.135. The van der Waals surface area contributed by atoms with Crippen molar-refractivity contribution < 1.29 is 37.5 Å². The van der Waals surface area contributed by atoms with Crippen LogP contribution in [0, 0.1) is 0 Å². The average molecular weight is 633 g/mol. The summed E-state index contributed by atoms with van der Waals surface area (Å²) in [7, 11) is -1.13. The maximum Gasteiger partial charge on any atom is 0.410 e. The fourth-order valence-corrected chi connectivity index (χ4v) is 6.72. The minimum atomic E-state index is -4.28. The highest BCUT2D eigenvalue weighted by Gasteiger charge is 2.37. The van der Waals surface area contributed by atoms with Crippen LogP contribution in [0.25, 0.3) is 0 Å². The van der Waals surface area contributed by atoms with Crippen LogP contribution in [0.3, 0.4) is 0 Å². The molecule has 1 saturated heterocycles. The Kier molecular flexibility index (Phi) is 12.1. The Morgan fingerprint density at radius 2 is 1.66 bits per heavy atom. The number of carbonyl (C=O) groups excluding carboxylic acids is 3. The van der Waals surface area contributed by atoms with Crippen molar-refractivity contribution in [3.63, 3.8) is 0 Å². The number of carbonyl (C=O) groups is 3. The van der Waals surface area contributed by atoms with Gasteiger partial charge >= 0.3 is 6.09 Å². The van der Waals surface area contributed by atoms with Crippen molar-refractivity contribution in [2.45, 2.75) is 75.5 Å². The smallest absolute Gasteiger partial charge is 0.410 e. The van der Waals surface area contributed by atoms with Crippen molar-refractivity contribution in [3.05, 3.63) is 60.2 Å². The lowest BCUT2D eigenvalue weighted by atomic mass is 10.0. The summed E-state index contributed by atoms with van der Waals surface area (Å²) in [6.07, 6.45) is 0.917. The van der Waals surface area contributed by atoms with Crippen LogP contribution in [0.5, 0.6) is 5.75 Å². The predicted octanol–water partition coefficient (Wildman–Crippen LogP) is 3.44. The molecule has 12 nitrogen and oxygen atoms in total. The summed E-state index contributed by atoms with van der Waals surface area (Å²) in [5, 5.41) is 9.56. The normalized spacial score (nSPS) is 15.0. The first-order valence-corrected chi connectivity index (χ1v) is 16.1. The van der Waals surface area contributed by atoms with Crippen molar-refractivity contribution in [2.24, 2.45) is 0 Å². The number of methoxy groups -OCH3 is 1. The second-order valence-electron chi connectivity index (χ2n) is 11.8. The van der Waals surface area contributed by atoms with Gasteiger partial charge in [-0.25, -0.2) is 18.7 Å². The van der Waals surface area contributed by atoms with Gasteiger partial charge in [-0.05, 0) is 76.3 Å². The number of nitrogens with zero attached hydrogens (tertiary/aromatic N) is 3. The van der Waals surface area contributed by atoms with E-state index in [1.165, 1.54) is 31.4 Å². The molecule has 3 amide bonds. The minimum absolute atomic E-state index is 0.0718. The lowest BCUT2D eigenvalue weighted by Crippen LogP contribution is -2.51. The molecule has 1 heterocycles. The minimum Gasteiger partial charge on any atom is -0.497 e. The number of aryl methyl sites for hydroxylation is 1. The van der Waals surface area contributed by atoms with E-state index < -0.39 is 33.7 Å². The number of benzene rings is 2. The number of sulfonamides is 1. The molecule has 1 atom stereocenters. The average Bonchev–Trinajstić information content (AvgIpc) is 3.01. The highest BCUT2D eigenvalue weighted by molar-refractivity contribution is 7.89. The van der Waals surface area contributed by atoms with Gasteiger partial charge in [-0.2, -0.15) is 4.31 Å². The molecule has 0 aliphatic carbocycles. The van der Waals surface area contributed by atoms with Gasteiger partial charge in [0.1, 0.15) is 17.4 Å². The number of likely N-dealkylation sites (tertiary alicyclic amines) is 1. The molecule has 0 aromatic heterocycles. The van der Waals surface area contributed by atoms with Crippen LogP contribution in [-0.2, 0) is 30.8 Å². The van der Waals surface area contributed by atoms with Gasteiger partial charge in [-0.15, -0.1) is 0 Å². The van der Waals surface area contributed by atoms with E-state index in [4.69, 9.17) is 9.47 Å². The molecule has 1 unspecified atom stereocenters. The number of ether oxygens (including phenoxy) is 2. The Bertz CT molecular complexity index is 1360. The van der Waals surface area contributed by atoms with E-state index in [1.807, 2.05) is 30.3 Å². The second kappa shape index (κ2) is 15.4. The standard InChI is InChI=1S/C31H44N4O8S/c1-31(2,3)43-30(38)33(4)24-17-20-34(21-18-24)28(36)19-22-35(44(40,41)26-14-12-25(42-5)13-15-26)27(29(37)32-39)16-11-23-9-7-6-8-10-23/h6-10,12-15,24,27,39H,11,16-22H2,1-5H3,(H,32,37). The van der Waals surface area contributed by atoms with Gasteiger partial charge in [0, 0.05) is 39.1 Å².